The minimum Gasteiger partial charge on any atom is -0.459 e. The second-order valence-electron chi connectivity index (χ2n) is 5.97. The molecule has 1 amide bonds. The molecule has 2 saturated heterocycles. The molecule has 4 nitrogen and oxygen atoms in total. The molecule has 1 aromatic heterocycles. The first-order valence-corrected chi connectivity index (χ1v) is 7.27. The van der Waals surface area contributed by atoms with E-state index < -0.39 is 0 Å². The van der Waals surface area contributed by atoms with E-state index >= 15 is 0 Å². The number of carbonyl (C=O) groups excluding carboxylic acids is 1. The second-order valence-corrected chi connectivity index (χ2v) is 5.97. The highest BCUT2D eigenvalue weighted by Gasteiger charge is 2.33. The molecule has 2 fully saturated rings. The van der Waals surface area contributed by atoms with Gasteiger partial charge in [-0.15, -0.1) is 0 Å². The van der Waals surface area contributed by atoms with Gasteiger partial charge in [0, 0.05) is 25.7 Å². The van der Waals surface area contributed by atoms with E-state index in [1.54, 1.807) is 23.3 Å². The maximum absolute atomic E-state index is 12.0. The van der Waals surface area contributed by atoms with Crippen molar-refractivity contribution < 1.29 is 9.21 Å². The summed E-state index contributed by atoms with van der Waals surface area (Å²) in [6, 6.07) is 4.94. The normalized spacial score (nSPS) is 29.4. The number of piperidine rings is 1. The van der Waals surface area contributed by atoms with Crippen LogP contribution in [-0.2, 0) is 0 Å². The van der Waals surface area contributed by atoms with Gasteiger partial charge in [0.25, 0.3) is 5.91 Å². The van der Waals surface area contributed by atoms with Gasteiger partial charge in [0.1, 0.15) is 0 Å². The molecule has 0 radical (unpaired) electrons. The van der Waals surface area contributed by atoms with Gasteiger partial charge in [0.2, 0.25) is 0 Å². The van der Waals surface area contributed by atoms with E-state index in [0.717, 1.165) is 31.0 Å². The van der Waals surface area contributed by atoms with E-state index in [9.17, 15) is 4.79 Å². The Hall–Kier alpha value is -1.29. The Morgan fingerprint density at radius 3 is 2.79 bits per heavy atom. The van der Waals surface area contributed by atoms with Crippen LogP contribution in [0.4, 0.5) is 0 Å². The Kier molecular flexibility index (Phi) is 3.60. The standard InChI is InChI=1S/C15H22N2O2/c1-17(15(18)14-3-2-8-19-14)7-6-11-9-12-4-5-13(10-11)16-12/h2-3,8,11-13,16H,4-7,9-10H2,1H3. The lowest BCUT2D eigenvalue weighted by Crippen LogP contribution is -2.39. The minimum absolute atomic E-state index is 0.0121. The maximum Gasteiger partial charge on any atom is 0.289 e. The molecule has 2 aliphatic rings. The number of nitrogens with one attached hydrogen (secondary N) is 1. The van der Waals surface area contributed by atoms with E-state index in [1.165, 1.54) is 25.7 Å². The van der Waals surface area contributed by atoms with E-state index in [0.29, 0.717) is 5.76 Å². The van der Waals surface area contributed by atoms with Crippen molar-refractivity contribution in [3.05, 3.63) is 24.2 Å². The zero-order chi connectivity index (χ0) is 13.2. The lowest BCUT2D eigenvalue weighted by Gasteiger charge is -2.30. The van der Waals surface area contributed by atoms with Gasteiger partial charge in [-0.05, 0) is 50.2 Å². The summed E-state index contributed by atoms with van der Waals surface area (Å²) in [5.41, 5.74) is 0. The summed E-state index contributed by atoms with van der Waals surface area (Å²) in [5, 5.41) is 3.66. The molecule has 0 aromatic carbocycles. The first-order valence-electron chi connectivity index (χ1n) is 7.27. The average Bonchev–Trinajstić information content (AvgIpc) is 3.05. The van der Waals surface area contributed by atoms with Gasteiger partial charge in [-0.3, -0.25) is 4.79 Å². The molecule has 2 atom stereocenters. The minimum atomic E-state index is -0.0121. The Bertz CT molecular complexity index is 417. The summed E-state index contributed by atoms with van der Waals surface area (Å²) in [6.07, 6.45) is 7.88. The largest absolute Gasteiger partial charge is 0.459 e. The first-order chi connectivity index (χ1) is 9.22. The molecule has 19 heavy (non-hydrogen) atoms. The van der Waals surface area contributed by atoms with Crippen LogP contribution in [0.1, 0.15) is 42.7 Å². The summed E-state index contributed by atoms with van der Waals surface area (Å²) >= 11 is 0. The molecule has 1 N–H and O–H groups in total. The fraction of sp³-hybridized carbons (Fsp3) is 0.667. The zero-order valence-electron chi connectivity index (χ0n) is 11.5. The number of amides is 1. The number of hydrogen-bond acceptors (Lipinski definition) is 3. The van der Waals surface area contributed by atoms with Gasteiger partial charge in [0.15, 0.2) is 5.76 Å². The van der Waals surface area contributed by atoms with E-state index in [1.807, 2.05) is 7.05 Å². The Balaban J connectivity index is 1.48. The van der Waals surface area contributed by atoms with E-state index in [-0.39, 0.29) is 5.91 Å². The van der Waals surface area contributed by atoms with Gasteiger partial charge < -0.3 is 14.6 Å². The molecule has 0 spiro atoms. The monoisotopic (exact) mass is 262 g/mol. The Morgan fingerprint density at radius 2 is 2.16 bits per heavy atom. The average molecular weight is 262 g/mol. The van der Waals surface area contributed by atoms with Crippen LogP contribution < -0.4 is 5.32 Å². The van der Waals surface area contributed by atoms with Crippen LogP contribution in [-0.4, -0.2) is 36.5 Å². The molecule has 2 unspecified atom stereocenters. The number of hydrogen-bond donors (Lipinski definition) is 1. The molecule has 1 aromatic rings. The molecule has 104 valence electrons. The van der Waals surface area contributed by atoms with Gasteiger partial charge in [-0.25, -0.2) is 0 Å². The fourth-order valence-corrected chi connectivity index (χ4v) is 3.48. The van der Waals surface area contributed by atoms with Crippen molar-refractivity contribution in [3.8, 4) is 0 Å². The van der Waals surface area contributed by atoms with Gasteiger partial charge in [0.05, 0.1) is 6.26 Å². The molecular weight excluding hydrogens is 240 g/mol. The second kappa shape index (κ2) is 5.37. The van der Waals surface area contributed by atoms with Crippen LogP contribution in [0.25, 0.3) is 0 Å². The molecule has 3 rings (SSSR count). The van der Waals surface area contributed by atoms with Crippen LogP contribution in [0.3, 0.4) is 0 Å². The van der Waals surface area contributed by atoms with Crippen molar-refractivity contribution in [2.75, 3.05) is 13.6 Å². The SMILES string of the molecule is CN(CCC1CC2CCC(C1)N2)C(=O)c1ccco1. The molecule has 2 aliphatic heterocycles. The predicted octanol–water partition coefficient (Wildman–Crippen LogP) is 2.27. The third kappa shape index (κ3) is 2.84. The van der Waals surface area contributed by atoms with Crippen molar-refractivity contribution in [1.29, 1.82) is 0 Å². The quantitative estimate of drug-likeness (QED) is 0.905. The number of fused-ring (bicyclic) bond motifs is 2. The van der Waals surface area contributed by atoms with Crippen LogP contribution >= 0.6 is 0 Å². The van der Waals surface area contributed by atoms with E-state index in [4.69, 9.17) is 4.42 Å². The maximum atomic E-state index is 12.0. The van der Waals surface area contributed by atoms with Crippen molar-refractivity contribution in [3.63, 3.8) is 0 Å². The van der Waals surface area contributed by atoms with Gasteiger partial charge >= 0.3 is 0 Å². The fourth-order valence-electron chi connectivity index (χ4n) is 3.48. The van der Waals surface area contributed by atoms with Crippen LogP contribution in [0.2, 0.25) is 0 Å². The summed E-state index contributed by atoms with van der Waals surface area (Å²) in [5.74, 6) is 1.19. The van der Waals surface area contributed by atoms with Crippen LogP contribution in [0.5, 0.6) is 0 Å². The number of furan rings is 1. The van der Waals surface area contributed by atoms with Crippen molar-refractivity contribution in [2.24, 2.45) is 5.92 Å². The molecule has 2 bridgehead atoms. The molecule has 3 heterocycles. The third-order valence-electron chi connectivity index (χ3n) is 4.52. The van der Waals surface area contributed by atoms with Crippen molar-refractivity contribution in [2.45, 2.75) is 44.2 Å². The smallest absolute Gasteiger partial charge is 0.289 e. The van der Waals surface area contributed by atoms with Crippen molar-refractivity contribution in [1.82, 2.24) is 10.2 Å². The van der Waals surface area contributed by atoms with E-state index in [2.05, 4.69) is 5.32 Å². The molecular formula is C15H22N2O2. The number of nitrogens with zero attached hydrogens (tertiary/aromatic N) is 1. The van der Waals surface area contributed by atoms with Crippen LogP contribution in [0.15, 0.2) is 22.8 Å². The first kappa shape index (κ1) is 12.7. The summed E-state index contributed by atoms with van der Waals surface area (Å²) in [6.45, 7) is 0.823. The number of carbonyl (C=O) groups is 1. The molecule has 0 aliphatic carbocycles. The molecule has 4 heteroatoms. The lowest BCUT2D eigenvalue weighted by molar-refractivity contribution is 0.0751. The van der Waals surface area contributed by atoms with Gasteiger partial charge in [-0.1, -0.05) is 0 Å². The number of rotatable bonds is 4. The topological polar surface area (TPSA) is 45.5 Å². The lowest BCUT2D eigenvalue weighted by atomic mass is 9.89. The molecule has 0 saturated carbocycles. The highest BCUT2D eigenvalue weighted by atomic mass is 16.3. The highest BCUT2D eigenvalue weighted by molar-refractivity contribution is 5.91. The highest BCUT2D eigenvalue weighted by Crippen LogP contribution is 2.32. The van der Waals surface area contributed by atoms with Crippen LogP contribution in [0, 0.1) is 5.92 Å². The summed E-state index contributed by atoms with van der Waals surface area (Å²) in [4.78, 5) is 13.8. The predicted molar refractivity (Wildman–Crippen MR) is 73.0 cm³/mol. The van der Waals surface area contributed by atoms with Crippen molar-refractivity contribution >= 4 is 5.91 Å². The Labute approximate surface area is 114 Å². The third-order valence-corrected chi connectivity index (χ3v) is 4.52. The summed E-state index contributed by atoms with van der Waals surface area (Å²) < 4.78 is 5.15. The Morgan fingerprint density at radius 1 is 1.42 bits per heavy atom. The summed E-state index contributed by atoms with van der Waals surface area (Å²) in [7, 11) is 1.86. The zero-order valence-corrected chi connectivity index (χ0v) is 11.5. The van der Waals surface area contributed by atoms with Gasteiger partial charge in [-0.2, -0.15) is 0 Å².